The molecule has 0 aliphatic carbocycles. The maximum Gasteiger partial charge on any atom is 0.250 e. The molecule has 4 N–H and O–H groups in total. The molecule has 104 valence electrons. The number of sulfone groups is 1. The van der Waals surface area contributed by atoms with Crippen molar-refractivity contribution in [1.29, 1.82) is 0 Å². The van der Waals surface area contributed by atoms with Crippen molar-refractivity contribution in [3.63, 3.8) is 0 Å². The van der Waals surface area contributed by atoms with Gasteiger partial charge in [-0.2, -0.15) is 0 Å². The molecule has 7 heteroatoms. The van der Waals surface area contributed by atoms with Crippen molar-refractivity contribution < 1.29 is 13.2 Å². The number of hydrogen-bond donors (Lipinski definition) is 2. The van der Waals surface area contributed by atoms with Gasteiger partial charge in [-0.3, -0.25) is 4.79 Å². The molecule has 0 spiro atoms. The zero-order valence-corrected chi connectivity index (χ0v) is 11.5. The van der Waals surface area contributed by atoms with Crippen molar-refractivity contribution in [3.05, 3.63) is 23.8 Å². The minimum absolute atomic E-state index is 0.115. The third kappa shape index (κ3) is 2.65. The van der Waals surface area contributed by atoms with Crippen molar-refractivity contribution in [3.8, 4) is 0 Å². The second kappa shape index (κ2) is 4.73. The number of para-hydroxylation sites is 1. The fourth-order valence-corrected chi connectivity index (χ4v) is 4.13. The van der Waals surface area contributed by atoms with Crippen LogP contribution in [0.1, 0.15) is 16.8 Å². The fourth-order valence-electron chi connectivity index (χ4n) is 2.35. The molecule has 1 unspecified atom stereocenters. The van der Waals surface area contributed by atoms with Crippen molar-refractivity contribution in [1.82, 2.24) is 0 Å². The average Bonchev–Trinajstić information content (AvgIpc) is 2.69. The molecule has 1 aromatic carbocycles. The molecule has 0 radical (unpaired) electrons. The summed E-state index contributed by atoms with van der Waals surface area (Å²) in [5.74, 6) is -0.284. The number of nitrogens with two attached hydrogens (primary N) is 2. The summed E-state index contributed by atoms with van der Waals surface area (Å²) < 4.78 is 23.0. The van der Waals surface area contributed by atoms with E-state index in [9.17, 15) is 13.2 Å². The van der Waals surface area contributed by atoms with Crippen molar-refractivity contribution >= 4 is 27.1 Å². The average molecular weight is 283 g/mol. The number of benzene rings is 1. The maximum atomic E-state index is 11.5. The van der Waals surface area contributed by atoms with E-state index in [1.54, 1.807) is 25.2 Å². The zero-order valence-electron chi connectivity index (χ0n) is 10.7. The molecule has 1 amide bonds. The van der Waals surface area contributed by atoms with Gasteiger partial charge < -0.3 is 16.4 Å². The zero-order chi connectivity index (χ0) is 14.2. The first-order chi connectivity index (χ1) is 8.82. The van der Waals surface area contributed by atoms with Crippen LogP contribution in [-0.2, 0) is 9.84 Å². The molecule has 0 aromatic heterocycles. The van der Waals surface area contributed by atoms with Crippen molar-refractivity contribution in [2.45, 2.75) is 12.5 Å². The first-order valence-corrected chi connectivity index (χ1v) is 7.75. The summed E-state index contributed by atoms with van der Waals surface area (Å²) in [6.45, 7) is 0. The van der Waals surface area contributed by atoms with Crippen LogP contribution in [0.3, 0.4) is 0 Å². The molecule has 1 atom stereocenters. The van der Waals surface area contributed by atoms with Gasteiger partial charge in [-0.05, 0) is 18.6 Å². The molecule has 2 rings (SSSR count). The molecule has 1 aromatic rings. The highest BCUT2D eigenvalue weighted by molar-refractivity contribution is 7.91. The number of nitrogens with zero attached hydrogens (tertiary/aromatic N) is 1. The van der Waals surface area contributed by atoms with Gasteiger partial charge in [0.25, 0.3) is 5.91 Å². The summed E-state index contributed by atoms with van der Waals surface area (Å²) in [6, 6.07) is 4.88. The Balaban J connectivity index is 2.32. The molecule has 1 aliphatic rings. The number of carbonyl (C=O) groups excluding carboxylic acids is 1. The molecule has 0 saturated carbocycles. The summed E-state index contributed by atoms with van der Waals surface area (Å²) in [4.78, 5) is 13.1. The molecule has 1 heterocycles. The molecule has 1 aliphatic heterocycles. The third-order valence-corrected chi connectivity index (χ3v) is 5.24. The van der Waals surface area contributed by atoms with Gasteiger partial charge in [0.1, 0.15) is 0 Å². The Bertz CT molecular complexity index is 613. The Morgan fingerprint density at radius 2 is 2.11 bits per heavy atom. The van der Waals surface area contributed by atoms with Crippen LogP contribution in [0.2, 0.25) is 0 Å². The lowest BCUT2D eigenvalue weighted by Crippen LogP contribution is -2.33. The number of amides is 1. The molecule has 0 bridgehead atoms. The Morgan fingerprint density at radius 1 is 1.42 bits per heavy atom. The summed E-state index contributed by atoms with van der Waals surface area (Å²) in [5.41, 5.74) is 12.4. The Labute approximate surface area is 112 Å². The van der Waals surface area contributed by atoms with Crippen LogP contribution in [0.15, 0.2) is 18.2 Å². The van der Waals surface area contributed by atoms with Crippen molar-refractivity contribution in [2.24, 2.45) is 5.73 Å². The highest BCUT2D eigenvalue weighted by atomic mass is 32.2. The highest BCUT2D eigenvalue weighted by Crippen LogP contribution is 2.29. The Hall–Kier alpha value is -1.76. The number of hydrogen-bond acceptors (Lipinski definition) is 5. The fraction of sp³-hybridized carbons (Fsp3) is 0.417. The predicted octanol–water partition coefficient (Wildman–Crippen LogP) is -0.00900. The Morgan fingerprint density at radius 3 is 2.63 bits per heavy atom. The van der Waals surface area contributed by atoms with Gasteiger partial charge in [-0.25, -0.2) is 8.42 Å². The van der Waals surface area contributed by atoms with Crippen LogP contribution in [0.5, 0.6) is 0 Å². The normalized spacial score (nSPS) is 21.2. The SMILES string of the molecule is CN(c1cccc(C(N)=O)c1N)C1CCS(=O)(=O)C1. The van der Waals surface area contributed by atoms with Gasteiger partial charge in [-0.15, -0.1) is 0 Å². The van der Waals surface area contributed by atoms with Crippen LogP contribution < -0.4 is 16.4 Å². The smallest absolute Gasteiger partial charge is 0.250 e. The van der Waals surface area contributed by atoms with Gasteiger partial charge in [0.2, 0.25) is 0 Å². The number of primary amides is 1. The minimum atomic E-state index is -2.96. The number of anilines is 2. The Kier molecular flexibility index (Phi) is 3.40. The second-order valence-electron chi connectivity index (χ2n) is 4.77. The highest BCUT2D eigenvalue weighted by Gasteiger charge is 2.31. The summed E-state index contributed by atoms with van der Waals surface area (Å²) >= 11 is 0. The van der Waals surface area contributed by atoms with E-state index >= 15 is 0 Å². The van der Waals surface area contributed by atoms with E-state index in [4.69, 9.17) is 11.5 Å². The van der Waals surface area contributed by atoms with Crippen LogP contribution >= 0.6 is 0 Å². The first kappa shape index (κ1) is 13.7. The van der Waals surface area contributed by atoms with E-state index in [0.717, 1.165) is 0 Å². The minimum Gasteiger partial charge on any atom is -0.396 e. The first-order valence-electron chi connectivity index (χ1n) is 5.93. The lowest BCUT2D eigenvalue weighted by atomic mass is 10.1. The summed E-state index contributed by atoms with van der Waals surface area (Å²) in [5, 5.41) is 0. The van der Waals surface area contributed by atoms with Gasteiger partial charge in [0.15, 0.2) is 9.84 Å². The quantitative estimate of drug-likeness (QED) is 0.759. The van der Waals surface area contributed by atoms with Crippen LogP contribution in [0, 0.1) is 0 Å². The van der Waals surface area contributed by atoms with Crippen LogP contribution in [0.4, 0.5) is 11.4 Å². The maximum absolute atomic E-state index is 11.5. The molecule has 6 nitrogen and oxygen atoms in total. The molecule has 1 fully saturated rings. The van der Waals surface area contributed by atoms with Crippen LogP contribution in [-0.4, -0.2) is 38.9 Å². The summed E-state index contributed by atoms with van der Waals surface area (Å²) in [7, 11) is -1.18. The molecule has 19 heavy (non-hydrogen) atoms. The second-order valence-corrected chi connectivity index (χ2v) is 7.00. The van der Waals surface area contributed by atoms with E-state index in [0.29, 0.717) is 17.8 Å². The predicted molar refractivity (Wildman–Crippen MR) is 74.8 cm³/mol. The van der Waals surface area contributed by atoms with E-state index in [1.165, 1.54) is 0 Å². The third-order valence-electron chi connectivity index (χ3n) is 3.48. The number of rotatable bonds is 3. The lowest BCUT2D eigenvalue weighted by molar-refractivity contribution is 0.100. The molecular weight excluding hydrogens is 266 g/mol. The van der Waals surface area contributed by atoms with Gasteiger partial charge in [0.05, 0.1) is 28.4 Å². The van der Waals surface area contributed by atoms with Gasteiger partial charge >= 0.3 is 0 Å². The largest absolute Gasteiger partial charge is 0.396 e. The topological polar surface area (TPSA) is 106 Å². The monoisotopic (exact) mass is 283 g/mol. The van der Waals surface area contributed by atoms with Crippen LogP contribution in [0.25, 0.3) is 0 Å². The van der Waals surface area contributed by atoms with E-state index in [2.05, 4.69) is 0 Å². The summed E-state index contributed by atoms with van der Waals surface area (Å²) in [6.07, 6.45) is 0.569. The van der Waals surface area contributed by atoms with E-state index < -0.39 is 15.7 Å². The van der Waals surface area contributed by atoms with E-state index in [1.807, 2.05) is 4.90 Å². The number of carbonyl (C=O) groups is 1. The molecule has 1 saturated heterocycles. The van der Waals surface area contributed by atoms with Gasteiger partial charge in [-0.1, -0.05) is 6.07 Å². The molecular formula is C12H17N3O3S. The number of nitrogen functional groups attached to an aromatic ring is 1. The standard InChI is InChI=1S/C12H17N3O3S/c1-15(8-5-6-19(17,18)7-8)10-4-2-3-9(11(10)13)12(14)16/h2-4,8H,5-7,13H2,1H3,(H2,14,16). The van der Waals surface area contributed by atoms with Crippen molar-refractivity contribution in [2.75, 3.05) is 29.2 Å². The van der Waals surface area contributed by atoms with Gasteiger partial charge in [0, 0.05) is 13.1 Å². The lowest BCUT2D eigenvalue weighted by Gasteiger charge is -2.27. The van der Waals surface area contributed by atoms with E-state index in [-0.39, 0.29) is 23.1 Å².